The second-order valence-corrected chi connectivity index (χ2v) is 6.57. The summed E-state index contributed by atoms with van der Waals surface area (Å²) in [6.07, 6.45) is 0.923. The number of thiazole rings is 1. The van der Waals surface area contributed by atoms with E-state index in [1.807, 2.05) is 18.5 Å². The normalized spacial score (nSPS) is 11.0. The van der Waals surface area contributed by atoms with Crippen molar-refractivity contribution in [2.45, 2.75) is 33.7 Å². The van der Waals surface area contributed by atoms with Gasteiger partial charge in [-0.05, 0) is 37.1 Å². The molecule has 2 rings (SSSR count). The second-order valence-electron chi connectivity index (χ2n) is 5.63. The minimum Gasteiger partial charge on any atom is -0.493 e. The van der Waals surface area contributed by atoms with Gasteiger partial charge in [0.1, 0.15) is 5.75 Å². The van der Waals surface area contributed by atoms with Gasteiger partial charge in [0.25, 0.3) is 0 Å². The molecule has 0 saturated heterocycles. The lowest BCUT2D eigenvalue weighted by molar-refractivity contribution is 0.322. The molecule has 1 N–H and O–H groups in total. The van der Waals surface area contributed by atoms with Crippen LogP contribution in [0.4, 0.5) is 0 Å². The Morgan fingerprint density at radius 2 is 2.19 bits per heavy atom. The van der Waals surface area contributed by atoms with E-state index in [0.717, 1.165) is 31.0 Å². The molecular formula is C17H24N2OS. The van der Waals surface area contributed by atoms with Crippen LogP contribution in [-0.2, 0) is 13.0 Å². The Labute approximate surface area is 131 Å². The Hall–Kier alpha value is -1.39. The molecule has 0 bridgehead atoms. The quantitative estimate of drug-likeness (QED) is 0.805. The van der Waals surface area contributed by atoms with Gasteiger partial charge in [-0.15, -0.1) is 11.3 Å². The molecule has 114 valence electrons. The summed E-state index contributed by atoms with van der Waals surface area (Å²) < 4.78 is 5.85. The first kappa shape index (κ1) is 16.0. The Balaban J connectivity index is 1.79. The molecule has 1 heterocycles. The molecule has 0 fully saturated rings. The van der Waals surface area contributed by atoms with Crippen molar-refractivity contribution in [1.29, 1.82) is 0 Å². The molecule has 0 aliphatic heterocycles. The lowest BCUT2D eigenvalue weighted by atomic mass is 10.2. The number of aromatic nitrogens is 1. The first-order valence-corrected chi connectivity index (χ1v) is 8.34. The van der Waals surface area contributed by atoms with Gasteiger partial charge in [0.2, 0.25) is 0 Å². The molecule has 0 unspecified atom stereocenters. The van der Waals surface area contributed by atoms with Gasteiger partial charge >= 0.3 is 0 Å². The minimum atomic E-state index is 0.673. The van der Waals surface area contributed by atoms with E-state index in [1.54, 1.807) is 11.3 Å². The fourth-order valence-electron chi connectivity index (χ4n) is 2.08. The van der Waals surface area contributed by atoms with E-state index in [0.29, 0.717) is 12.5 Å². The first-order chi connectivity index (χ1) is 10.1. The number of rotatable bonds is 8. The van der Waals surface area contributed by atoms with Crippen molar-refractivity contribution in [2.75, 3.05) is 13.2 Å². The number of hydrogen-bond donors (Lipinski definition) is 1. The molecule has 0 atom stereocenters. The van der Waals surface area contributed by atoms with Gasteiger partial charge in [0, 0.05) is 17.8 Å². The molecule has 4 heteroatoms. The smallest absolute Gasteiger partial charge is 0.119 e. The number of nitrogens with one attached hydrogen (secondary N) is 1. The van der Waals surface area contributed by atoms with Crippen LogP contribution in [0.1, 0.15) is 30.0 Å². The van der Waals surface area contributed by atoms with Crippen molar-refractivity contribution in [3.8, 4) is 5.75 Å². The summed E-state index contributed by atoms with van der Waals surface area (Å²) in [5, 5.41) is 3.45. The van der Waals surface area contributed by atoms with Crippen LogP contribution in [-0.4, -0.2) is 18.1 Å². The van der Waals surface area contributed by atoms with Gasteiger partial charge in [0.05, 0.1) is 17.8 Å². The second kappa shape index (κ2) is 8.15. The molecule has 21 heavy (non-hydrogen) atoms. The van der Waals surface area contributed by atoms with Crippen LogP contribution in [0.3, 0.4) is 0 Å². The van der Waals surface area contributed by atoms with E-state index < -0.39 is 0 Å². The van der Waals surface area contributed by atoms with E-state index >= 15 is 0 Å². The summed E-state index contributed by atoms with van der Waals surface area (Å²) >= 11 is 1.70. The molecule has 0 saturated carbocycles. The Kier molecular flexibility index (Phi) is 6.21. The third-order valence-corrected chi connectivity index (χ3v) is 4.22. The molecule has 3 nitrogen and oxygen atoms in total. The molecule has 0 amide bonds. The minimum absolute atomic E-state index is 0.673. The molecule has 1 aromatic carbocycles. The fraction of sp³-hybridized carbons (Fsp3) is 0.471. The Morgan fingerprint density at radius 1 is 1.33 bits per heavy atom. The maximum absolute atomic E-state index is 5.85. The highest BCUT2D eigenvalue weighted by atomic mass is 32.1. The third kappa shape index (κ3) is 5.48. The zero-order valence-corrected chi connectivity index (χ0v) is 13.9. The van der Waals surface area contributed by atoms with Gasteiger partial charge in [0.15, 0.2) is 0 Å². The lowest BCUT2D eigenvalue weighted by Crippen LogP contribution is -2.18. The van der Waals surface area contributed by atoms with Crippen LogP contribution in [0.5, 0.6) is 5.75 Å². The number of hydrogen-bond acceptors (Lipinski definition) is 4. The highest BCUT2D eigenvalue weighted by molar-refractivity contribution is 7.09. The molecule has 0 aliphatic rings. The number of aryl methyl sites for hydroxylation is 1. The van der Waals surface area contributed by atoms with Crippen molar-refractivity contribution in [3.63, 3.8) is 0 Å². The fourth-order valence-corrected chi connectivity index (χ4v) is 2.84. The summed E-state index contributed by atoms with van der Waals surface area (Å²) in [5.41, 5.74) is 4.28. The summed E-state index contributed by atoms with van der Waals surface area (Å²) in [5.74, 6) is 1.62. The van der Waals surface area contributed by atoms with Crippen molar-refractivity contribution >= 4 is 11.3 Å². The van der Waals surface area contributed by atoms with Gasteiger partial charge in [-0.2, -0.15) is 0 Å². The maximum Gasteiger partial charge on any atom is 0.119 e. The Morgan fingerprint density at radius 3 is 2.90 bits per heavy atom. The Bertz CT molecular complexity index is 551. The van der Waals surface area contributed by atoms with Crippen molar-refractivity contribution < 1.29 is 4.74 Å². The van der Waals surface area contributed by atoms with Crippen molar-refractivity contribution in [2.24, 2.45) is 5.92 Å². The summed E-state index contributed by atoms with van der Waals surface area (Å²) in [6.45, 7) is 9.11. The van der Waals surface area contributed by atoms with Gasteiger partial charge in [-0.1, -0.05) is 26.0 Å². The molecule has 0 radical (unpaired) electrons. The van der Waals surface area contributed by atoms with Crippen LogP contribution < -0.4 is 10.1 Å². The van der Waals surface area contributed by atoms with Crippen LogP contribution >= 0.6 is 11.3 Å². The van der Waals surface area contributed by atoms with E-state index in [4.69, 9.17) is 4.74 Å². The first-order valence-electron chi connectivity index (χ1n) is 7.46. The summed E-state index contributed by atoms with van der Waals surface area (Å²) in [4.78, 5) is 5.57. The predicted octanol–water partition coefficient (Wildman–Crippen LogP) is 3.82. The number of benzene rings is 1. The average molecular weight is 304 g/mol. The van der Waals surface area contributed by atoms with Gasteiger partial charge in [-0.3, -0.25) is 0 Å². The third-order valence-electron chi connectivity index (χ3n) is 3.22. The van der Waals surface area contributed by atoms with Crippen LogP contribution in [0.15, 0.2) is 29.8 Å². The zero-order valence-electron chi connectivity index (χ0n) is 13.1. The number of nitrogens with zero attached hydrogens (tertiary/aromatic N) is 1. The summed E-state index contributed by atoms with van der Waals surface area (Å²) in [6, 6.07) is 8.32. The largest absolute Gasteiger partial charge is 0.493 e. The van der Waals surface area contributed by atoms with Crippen molar-refractivity contribution in [1.82, 2.24) is 10.3 Å². The van der Waals surface area contributed by atoms with E-state index in [-0.39, 0.29) is 0 Å². The van der Waals surface area contributed by atoms with E-state index in [9.17, 15) is 0 Å². The molecular weight excluding hydrogens is 280 g/mol. The lowest BCUT2D eigenvalue weighted by Gasteiger charge is -2.10. The van der Waals surface area contributed by atoms with Crippen molar-refractivity contribution in [3.05, 3.63) is 45.9 Å². The SMILES string of the molecule is Cc1ncsc1CCOc1cccc(CNCC(C)C)c1. The zero-order chi connectivity index (χ0) is 15.1. The molecule has 0 spiro atoms. The highest BCUT2D eigenvalue weighted by Gasteiger charge is 2.02. The molecule has 2 aromatic rings. The average Bonchev–Trinajstić information content (AvgIpc) is 2.85. The van der Waals surface area contributed by atoms with Crippen LogP contribution in [0.25, 0.3) is 0 Å². The van der Waals surface area contributed by atoms with Gasteiger partial charge in [-0.25, -0.2) is 4.98 Å². The highest BCUT2D eigenvalue weighted by Crippen LogP contribution is 2.16. The van der Waals surface area contributed by atoms with E-state index in [2.05, 4.69) is 42.3 Å². The molecule has 0 aliphatic carbocycles. The predicted molar refractivity (Wildman–Crippen MR) is 89.0 cm³/mol. The molecule has 1 aromatic heterocycles. The van der Waals surface area contributed by atoms with Crippen LogP contribution in [0.2, 0.25) is 0 Å². The monoisotopic (exact) mass is 304 g/mol. The van der Waals surface area contributed by atoms with Crippen LogP contribution in [0, 0.1) is 12.8 Å². The van der Waals surface area contributed by atoms with E-state index in [1.165, 1.54) is 10.4 Å². The maximum atomic E-state index is 5.85. The topological polar surface area (TPSA) is 34.1 Å². The standard InChI is InChI=1S/C17H24N2OS/c1-13(2)10-18-11-15-5-4-6-16(9-15)20-8-7-17-14(3)19-12-21-17/h4-6,9,12-13,18H,7-8,10-11H2,1-3H3. The number of ether oxygens (including phenoxy) is 1. The summed E-state index contributed by atoms with van der Waals surface area (Å²) in [7, 11) is 0. The van der Waals surface area contributed by atoms with Gasteiger partial charge < -0.3 is 10.1 Å².